The van der Waals surface area contributed by atoms with E-state index >= 15 is 0 Å². The summed E-state index contributed by atoms with van der Waals surface area (Å²) in [6.45, 7) is 0. The number of para-hydroxylation sites is 1. The highest BCUT2D eigenvalue weighted by Crippen LogP contribution is 2.34. The van der Waals surface area contributed by atoms with E-state index in [4.69, 9.17) is 0 Å². The molecule has 0 radical (unpaired) electrons. The van der Waals surface area contributed by atoms with Gasteiger partial charge in [0.15, 0.2) is 0 Å². The highest BCUT2D eigenvalue weighted by Gasteiger charge is 2.34. The van der Waals surface area contributed by atoms with Gasteiger partial charge in [0.2, 0.25) is 5.91 Å². The number of carbonyl (C=O) groups excluding carboxylic acids is 1. The van der Waals surface area contributed by atoms with Gasteiger partial charge in [-0.15, -0.1) is 0 Å². The molecule has 1 aliphatic rings. The van der Waals surface area contributed by atoms with Crippen molar-refractivity contribution in [3.8, 4) is 0 Å². The molecular weight excluding hydrogens is 514 g/mol. The molecule has 2 aromatic carbocycles. The van der Waals surface area contributed by atoms with E-state index in [1.165, 1.54) is 6.07 Å². The van der Waals surface area contributed by atoms with Crippen LogP contribution in [0.1, 0.15) is 43.4 Å². The zero-order valence-electron chi connectivity index (χ0n) is 18.3. The predicted octanol–water partition coefficient (Wildman–Crippen LogP) is 6.63. The number of halogens is 5. The number of aryl methyl sites for hydroxylation is 1. The molecule has 4 nitrogen and oxygen atoms in total. The maximum atomic E-state index is 13.9. The first-order valence-corrected chi connectivity index (χ1v) is 11.9. The van der Waals surface area contributed by atoms with Crippen LogP contribution in [0.2, 0.25) is 0 Å². The third-order valence-electron chi connectivity index (χ3n) is 6.03. The monoisotopic (exact) mass is 537 g/mol. The summed E-state index contributed by atoms with van der Waals surface area (Å²) in [6, 6.07) is 12.2. The van der Waals surface area contributed by atoms with Gasteiger partial charge < -0.3 is 10.6 Å². The highest BCUT2D eigenvalue weighted by molar-refractivity contribution is 9.10. The Morgan fingerprint density at radius 1 is 1.09 bits per heavy atom. The molecule has 0 spiro atoms. The standard InChI is InChI=1S/C25H24BrF4N3O/c26-16-9-10-20(27)15(12-16)8-11-24(34)32-18-5-3-4-17(13-18)31-22-14-23(25(28,29)30)33-21-7-2-1-6-19(21)22/h1-2,6-7,9-10,12,14,17-18H,3-5,8,11,13H2,(H,31,33)(H,32,34)/t17-,18+/m0/s1. The molecule has 180 valence electrons. The second-order valence-corrected chi connectivity index (χ2v) is 9.49. The van der Waals surface area contributed by atoms with Crippen molar-refractivity contribution in [2.45, 2.75) is 56.8 Å². The summed E-state index contributed by atoms with van der Waals surface area (Å²) in [4.78, 5) is 16.2. The SMILES string of the molecule is O=C(CCc1cc(Br)ccc1F)N[C@@H]1CCC[C@H](Nc2cc(C(F)(F)F)nc3ccccc23)C1. The molecule has 1 aromatic heterocycles. The van der Waals surface area contributed by atoms with Gasteiger partial charge >= 0.3 is 6.18 Å². The molecule has 3 aromatic rings. The van der Waals surface area contributed by atoms with Crippen molar-refractivity contribution in [3.05, 3.63) is 70.1 Å². The van der Waals surface area contributed by atoms with Gasteiger partial charge in [-0.25, -0.2) is 9.37 Å². The molecule has 0 saturated heterocycles. The quantitative estimate of drug-likeness (QED) is 0.347. The first-order valence-electron chi connectivity index (χ1n) is 11.2. The summed E-state index contributed by atoms with van der Waals surface area (Å²) in [7, 11) is 0. The molecule has 1 heterocycles. The Bertz CT molecular complexity index is 1180. The summed E-state index contributed by atoms with van der Waals surface area (Å²) in [5.74, 6) is -0.514. The maximum absolute atomic E-state index is 13.9. The van der Waals surface area contributed by atoms with Gasteiger partial charge in [-0.3, -0.25) is 4.79 Å². The molecule has 2 atom stereocenters. The van der Waals surface area contributed by atoms with Crippen LogP contribution in [-0.2, 0) is 17.4 Å². The molecule has 1 saturated carbocycles. The molecule has 1 fully saturated rings. The summed E-state index contributed by atoms with van der Waals surface area (Å²) in [6.07, 6.45) is -1.10. The van der Waals surface area contributed by atoms with Gasteiger partial charge in [0.25, 0.3) is 0 Å². The molecule has 0 aliphatic heterocycles. The van der Waals surface area contributed by atoms with Crippen LogP contribution >= 0.6 is 15.9 Å². The van der Waals surface area contributed by atoms with Gasteiger partial charge in [-0.2, -0.15) is 13.2 Å². The summed E-state index contributed by atoms with van der Waals surface area (Å²) < 4.78 is 54.7. The smallest absolute Gasteiger partial charge is 0.382 e. The van der Waals surface area contributed by atoms with E-state index in [9.17, 15) is 22.4 Å². The molecule has 1 aliphatic carbocycles. The fourth-order valence-electron chi connectivity index (χ4n) is 4.39. The van der Waals surface area contributed by atoms with E-state index < -0.39 is 11.9 Å². The van der Waals surface area contributed by atoms with Gasteiger partial charge in [-0.1, -0.05) is 34.1 Å². The lowest BCUT2D eigenvalue weighted by Gasteiger charge is -2.31. The van der Waals surface area contributed by atoms with Gasteiger partial charge in [0.05, 0.1) is 5.52 Å². The van der Waals surface area contributed by atoms with Crippen molar-refractivity contribution in [1.82, 2.24) is 10.3 Å². The van der Waals surface area contributed by atoms with Crippen LogP contribution < -0.4 is 10.6 Å². The zero-order valence-corrected chi connectivity index (χ0v) is 19.8. The predicted molar refractivity (Wildman–Crippen MR) is 127 cm³/mol. The largest absolute Gasteiger partial charge is 0.433 e. The van der Waals surface area contributed by atoms with Gasteiger partial charge in [0, 0.05) is 34.1 Å². The van der Waals surface area contributed by atoms with Crippen LogP contribution in [0.5, 0.6) is 0 Å². The Kier molecular flexibility index (Phi) is 7.40. The van der Waals surface area contributed by atoms with Crippen molar-refractivity contribution in [2.24, 2.45) is 0 Å². The first kappa shape index (κ1) is 24.4. The van der Waals surface area contributed by atoms with Crippen LogP contribution in [0, 0.1) is 5.82 Å². The van der Waals surface area contributed by atoms with E-state index in [-0.39, 0.29) is 42.2 Å². The Morgan fingerprint density at radius 2 is 1.85 bits per heavy atom. The van der Waals surface area contributed by atoms with Crippen LogP contribution in [0.4, 0.5) is 23.2 Å². The first-order chi connectivity index (χ1) is 16.2. The Balaban J connectivity index is 1.40. The van der Waals surface area contributed by atoms with E-state index in [2.05, 4.69) is 31.5 Å². The molecule has 34 heavy (non-hydrogen) atoms. The van der Waals surface area contributed by atoms with Gasteiger partial charge in [-0.05, 0) is 68.0 Å². The second-order valence-electron chi connectivity index (χ2n) is 8.58. The normalized spacial score (nSPS) is 18.6. The van der Waals surface area contributed by atoms with E-state index in [1.54, 1.807) is 36.4 Å². The number of rotatable bonds is 6. The number of carbonyl (C=O) groups is 1. The number of fused-ring (bicyclic) bond motifs is 1. The molecule has 2 N–H and O–H groups in total. The summed E-state index contributed by atoms with van der Waals surface area (Å²) in [5.41, 5.74) is 0.201. The Labute approximate surface area is 203 Å². The highest BCUT2D eigenvalue weighted by atomic mass is 79.9. The Morgan fingerprint density at radius 3 is 2.65 bits per heavy atom. The van der Waals surface area contributed by atoms with Gasteiger partial charge in [0.1, 0.15) is 11.5 Å². The number of nitrogens with one attached hydrogen (secondary N) is 2. The van der Waals surface area contributed by atoms with Crippen molar-refractivity contribution >= 4 is 38.4 Å². The maximum Gasteiger partial charge on any atom is 0.433 e. The molecule has 4 rings (SSSR count). The second kappa shape index (κ2) is 10.3. The fourth-order valence-corrected chi connectivity index (χ4v) is 4.80. The molecule has 1 amide bonds. The van der Waals surface area contributed by atoms with Crippen LogP contribution in [0.25, 0.3) is 10.9 Å². The number of aromatic nitrogens is 1. The van der Waals surface area contributed by atoms with Crippen LogP contribution in [0.15, 0.2) is 53.0 Å². The summed E-state index contributed by atoms with van der Waals surface area (Å²) in [5, 5.41) is 6.89. The molecule has 9 heteroatoms. The minimum Gasteiger partial charge on any atom is -0.382 e. The number of alkyl halides is 3. The molecular formula is C25H24BrF4N3O. The van der Waals surface area contributed by atoms with Crippen molar-refractivity contribution < 1.29 is 22.4 Å². The zero-order chi connectivity index (χ0) is 24.3. The lowest BCUT2D eigenvalue weighted by molar-refractivity contribution is -0.140. The third kappa shape index (κ3) is 6.05. The topological polar surface area (TPSA) is 54.0 Å². The molecule has 0 unspecified atom stereocenters. The van der Waals surface area contributed by atoms with E-state index in [0.29, 0.717) is 23.1 Å². The third-order valence-corrected chi connectivity index (χ3v) is 6.53. The van der Waals surface area contributed by atoms with Crippen molar-refractivity contribution in [1.29, 1.82) is 0 Å². The van der Waals surface area contributed by atoms with Crippen molar-refractivity contribution in [2.75, 3.05) is 5.32 Å². The van der Waals surface area contributed by atoms with Crippen molar-refractivity contribution in [3.63, 3.8) is 0 Å². The van der Waals surface area contributed by atoms with Crippen LogP contribution in [-0.4, -0.2) is 23.0 Å². The lowest BCUT2D eigenvalue weighted by Crippen LogP contribution is -2.42. The summed E-state index contributed by atoms with van der Waals surface area (Å²) >= 11 is 3.31. The number of anilines is 1. The average Bonchev–Trinajstić information content (AvgIpc) is 2.79. The number of benzene rings is 2. The number of hydrogen-bond donors (Lipinski definition) is 2. The minimum atomic E-state index is -4.54. The number of pyridine rings is 1. The number of amides is 1. The van der Waals surface area contributed by atoms with E-state index in [0.717, 1.165) is 29.8 Å². The molecule has 0 bridgehead atoms. The van der Waals surface area contributed by atoms with Crippen LogP contribution in [0.3, 0.4) is 0 Å². The van der Waals surface area contributed by atoms with E-state index in [1.807, 2.05) is 0 Å². The minimum absolute atomic E-state index is 0.0894. The Hall–Kier alpha value is -2.68. The number of nitrogens with zero attached hydrogens (tertiary/aromatic N) is 1. The fraction of sp³-hybridized carbons (Fsp3) is 0.360. The number of hydrogen-bond acceptors (Lipinski definition) is 3. The average molecular weight is 538 g/mol. The lowest BCUT2D eigenvalue weighted by atomic mass is 9.90.